The highest BCUT2D eigenvalue weighted by molar-refractivity contribution is 5.89. The van der Waals surface area contributed by atoms with E-state index < -0.39 is 0 Å². The Labute approximate surface area is 168 Å². The van der Waals surface area contributed by atoms with Gasteiger partial charge in [-0.05, 0) is 24.6 Å². The van der Waals surface area contributed by atoms with Crippen LogP contribution in [0.3, 0.4) is 0 Å². The number of nitrogens with one attached hydrogen (secondary N) is 1. The molecule has 2 heterocycles. The average molecular weight is 391 g/mol. The van der Waals surface area contributed by atoms with Crippen LogP contribution in [0.1, 0.15) is 5.56 Å². The number of rotatable bonds is 6. The molecule has 4 aromatic rings. The zero-order chi connectivity index (χ0) is 20.4. The number of aryl methyl sites for hydroxylation is 1. The highest BCUT2D eigenvalue weighted by Crippen LogP contribution is 2.40. The molecular formula is C21H21N5O3. The molecule has 0 fully saturated rings. The van der Waals surface area contributed by atoms with Gasteiger partial charge < -0.3 is 19.5 Å². The highest BCUT2D eigenvalue weighted by atomic mass is 16.5. The summed E-state index contributed by atoms with van der Waals surface area (Å²) in [5.74, 6) is 2.26. The van der Waals surface area contributed by atoms with Crippen LogP contribution in [0, 0.1) is 6.92 Å². The van der Waals surface area contributed by atoms with Crippen molar-refractivity contribution in [1.29, 1.82) is 0 Å². The molecule has 0 radical (unpaired) electrons. The minimum atomic E-state index is 0.528. The summed E-state index contributed by atoms with van der Waals surface area (Å²) in [6, 6.07) is 11.7. The molecule has 1 N–H and O–H groups in total. The van der Waals surface area contributed by atoms with Crippen LogP contribution in [0.2, 0.25) is 0 Å². The van der Waals surface area contributed by atoms with Crippen molar-refractivity contribution in [2.75, 3.05) is 26.6 Å². The lowest BCUT2D eigenvalue weighted by Crippen LogP contribution is -2.01. The number of hydrogen-bond donors (Lipinski definition) is 1. The van der Waals surface area contributed by atoms with Gasteiger partial charge in [-0.1, -0.05) is 12.1 Å². The van der Waals surface area contributed by atoms with Crippen molar-refractivity contribution in [3.8, 4) is 22.9 Å². The number of aromatic nitrogens is 4. The fourth-order valence-corrected chi connectivity index (χ4v) is 3.18. The van der Waals surface area contributed by atoms with Gasteiger partial charge in [0.1, 0.15) is 12.1 Å². The first kappa shape index (κ1) is 18.5. The van der Waals surface area contributed by atoms with Gasteiger partial charge in [-0.2, -0.15) is 5.10 Å². The summed E-state index contributed by atoms with van der Waals surface area (Å²) < 4.78 is 18.0. The molecule has 0 aliphatic rings. The Balaban J connectivity index is 1.76. The molecule has 0 aliphatic heterocycles. The van der Waals surface area contributed by atoms with Gasteiger partial charge in [0.25, 0.3) is 0 Å². The van der Waals surface area contributed by atoms with E-state index in [2.05, 4.69) is 26.4 Å². The Bertz CT molecular complexity index is 1150. The van der Waals surface area contributed by atoms with Crippen LogP contribution in [0.15, 0.2) is 48.9 Å². The molecule has 0 saturated heterocycles. The van der Waals surface area contributed by atoms with Crippen molar-refractivity contribution in [2.24, 2.45) is 0 Å². The normalized spacial score (nSPS) is 10.8. The number of fused-ring (bicyclic) bond motifs is 1. The molecule has 0 saturated carbocycles. The Morgan fingerprint density at radius 3 is 2.34 bits per heavy atom. The number of ether oxygens (including phenoxy) is 3. The van der Waals surface area contributed by atoms with Crippen LogP contribution in [-0.2, 0) is 0 Å². The third-order valence-corrected chi connectivity index (χ3v) is 4.54. The maximum absolute atomic E-state index is 5.42. The van der Waals surface area contributed by atoms with Crippen molar-refractivity contribution in [2.45, 2.75) is 6.92 Å². The molecule has 0 unspecified atom stereocenters. The van der Waals surface area contributed by atoms with E-state index in [4.69, 9.17) is 14.2 Å². The molecular weight excluding hydrogens is 370 g/mol. The fraction of sp³-hybridized carbons (Fsp3) is 0.190. The molecule has 2 aromatic heterocycles. The van der Waals surface area contributed by atoms with Crippen LogP contribution in [0.4, 0.5) is 11.5 Å². The Morgan fingerprint density at radius 2 is 1.69 bits per heavy atom. The summed E-state index contributed by atoms with van der Waals surface area (Å²) in [6.45, 7) is 2.04. The molecule has 29 heavy (non-hydrogen) atoms. The molecule has 2 aromatic carbocycles. The van der Waals surface area contributed by atoms with Crippen molar-refractivity contribution in [1.82, 2.24) is 19.7 Å². The molecule has 0 amide bonds. The van der Waals surface area contributed by atoms with Gasteiger partial charge in [-0.25, -0.2) is 14.6 Å². The summed E-state index contributed by atoms with van der Waals surface area (Å²) in [5, 5.41) is 8.61. The molecule has 8 heteroatoms. The van der Waals surface area contributed by atoms with E-state index in [9.17, 15) is 0 Å². The quantitative estimate of drug-likeness (QED) is 0.534. The summed E-state index contributed by atoms with van der Waals surface area (Å²) in [7, 11) is 4.73. The second kappa shape index (κ2) is 7.67. The number of nitrogens with zero attached hydrogens (tertiary/aromatic N) is 4. The van der Waals surface area contributed by atoms with Crippen LogP contribution in [-0.4, -0.2) is 41.1 Å². The van der Waals surface area contributed by atoms with E-state index in [1.54, 1.807) is 32.2 Å². The van der Waals surface area contributed by atoms with Gasteiger partial charge in [0, 0.05) is 17.8 Å². The molecule has 0 atom stereocenters. The number of methoxy groups -OCH3 is 3. The zero-order valence-corrected chi connectivity index (χ0v) is 16.6. The Kier molecular flexibility index (Phi) is 4.90. The third kappa shape index (κ3) is 3.40. The fourth-order valence-electron chi connectivity index (χ4n) is 3.18. The summed E-state index contributed by atoms with van der Waals surface area (Å²) in [4.78, 5) is 8.82. The molecule has 0 bridgehead atoms. The highest BCUT2D eigenvalue weighted by Gasteiger charge is 2.16. The Hall–Kier alpha value is -3.81. The second-order valence-corrected chi connectivity index (χ2v) is 6.39. The van der Waals surface area contributed by atoms with Crippen molar-refractivity contribution in [3.63, 3.8) is 0 Å². The lowest BCUT2D eigenvalue weighted by atomic mass is 10.2. The smallest absolute Gasteiger partial charge is 0.203 e. The van der Waals surface area contributed by atoms with E-state index in [0.717, 1.165) is 22.3 Å². The summed E-state index contributed by atoms with van der Waals surface area (Å²) >= 11 is 0. The van der Waals surface area contributed by atoms with E-state index >= 15 is 0 Å². The van der Waals surface area contributed by atoms with Crippen LogP contribution < -0.4 is 19.5 Å². The van der Waals surface area contributed by atoms with Gasteiger partial charge in [-0.15, -0.1) is 0 Å². The maximum atomic E-state index is 5.42. The number of anilines is 2. The number of benzene rings is 2. The van der Waals surface area contributed by atoms with Gasteiger partial charge in [0.05, 0.1) is 38.6 Å². The summed E-state index contributed by atoms with van der Waals surface area (Å²) in [6.07, 6.45) is 3.26. The first-order valence-corrected chi connectivity index (χ1v) is 8.97. The molecule has 4 rings (SSSR count). The first-order valence-electron chi connectivity index (χ1n) is 8.97. The minimum Gasteiger partial charge on any atom is -0.493 e. The van der Waals surface area contributed by atoms with Crippen LogP contribution in [0.5, 0.6) is 17.2 Å². The van der Waals surface area contributed by atoms with Crippen LogP contribution in [0.25, 0.3) is 16.7 Å². The van der Waals surface area contributed by atoms with Gasteiger partial charge in [0.2, 0.25) is 5.75 Å². The van der Waals surface area contributed by atoms with Gasteiger partial charge in [0.15, 0.2) is 17.1 Å². The Morgan fingerprint density at radius 1 is 0.931 bits per heavy atom. The minimum absolute atomic E-state index is 0.528. The zero-order valence-electron chi connectivity index (χ0n) is 16.6. The van der Waals surface area contributed by atoms with Crippen molar-refractivity contribution < 1.29 is 14.2 Å². The molecule has 8 nitrogen and oxygen atoms in total. The topological polar surface area (TPSA) is 83.3 Å². The molecule has 0 aliphatic carbocycles. The van der Waals surface area contributed by atoms with Gasteiger partial charge >= 0.3 is 0 Å². The van der Waals surface area contributed by atoms with Crippen molar-refractivity contribution in [3.05, 3.63) is 54.5 Å². The lowest BCUT2D eigenvalue weighted by molar-refractivity contribution is 0.324. The summed E-state index contributed by atoms with van der Waals surface area (Å²) in [5.41, 5.74) is 3.54. The first-order chi connectivity index (χ1) is 14.1. The lowest BCUT2D eigenvalue weighted by Gasteiger charge is -2.15. The third-order valence-electron chi connectivity index (χ3n) is 4.54. The predicted molar refractivity (Wildman–Crippen MR) is 111 cm³/mol. The standard InChI is InChI=1S/C21H21N5O3/c1-13-6-5-7-15(8-13)26-21-16(11-24-26)20(22-12-23-21)25-14-9-17(27-2)19(29-4)18(10-14)28-3/h5-12H,1-4H3,(H,22,23,25). The number of hydrogen-bond acceptors (Lipinski definition) is 7. The predicted octanol–water partition coefficient (Wildman–Crippen LogP) is 3.89. The maximum Gasteiger partial charge on any atom is 0.203 e. The average Bonchev–Trinajstić information content (AvgIpc) is 3.18. The SMILES string of the molecule is COc1cc(Nc2ncnc3c2cnn3-c2cccc(C)c2)cc(OC)c1OC. The van der Waals surface area contributed by atoms with Crippen LogP contribution >= 0.6 is 0 Å². The van der Waals surface area contributed by atoms with E-state index in [1.165, 1.54) is 6.33 Å². The van der Waals surface area contributed by atoms with E-state index in [-0.39, 0.29) is 0 Å². The van der Waals surface area contributed by atoms with E-state index in [1.807, 2.05) is 37.3 Å². The van der Waals surface area contributed by atoms with Gasteiger partial charge in [-0.3, -0.25) is 0 Å². The van der Waals surface area contributed by atoms with Crippen molar-refractivity contribution >= 4 is 22.5 Å². The monoisotopic (exact) mass is 391 g/mol. The van der Waals surface area contributed by atoms with E-state index in [0.29, 0.717) is 28.7 Å². The molecule has 0 spiro atoms. The largest absolute Gasteiger partial charge is 0.493 e. The second-order valence-electron chi connectivity index (χ2n) is 6.39. The molecule has 148 valence electrons.